The highest BCUT2D eigenvalue weighted by Crippen LogP contribution is 2.31. The number of halogens is 4. The van der Waals surface area contributed by atoms with Crippen LogP contribution in [-0.4, -0.2) is 96.7 Å². The maximum absolute atomic E-state index is 13.4. The van der Waals surface area contributed by atoms with Crippen LogP contribution in [0.4, 0.5) is 4.79 Å². The fourth-order valence-corrected chi connectivity index (χ4v) is 7.27. The van der Waals surface area contributed by atoms with E-state index >= 15 is 0 Å². The molecule has 0 radical (unpaired) electrons. The van der Waals surface area contributed by atoms with Crippen molar-refractivity contribution in [2.24, 2.45) is 5.16 Å². The van der Waals surface area contributed by atoms with Crippen molar-refractivity contribution in [3.63, 3.8) is 0 Å². The summed E-state index contributed by atoms with van der Waals surface area (Å²) in [7, 11) is 3.20. The topological polar surface area (TPSA) is 81.8 Å². The number of rotatable bonds is 12. The molecule has 0 saturated carbocycles. The van der Waals surface area contributed by atoms with Gasteiger partial charge in [-0.05, 0) is 80.3 Å². The second kappa shape index (κ2) is 16.4. The van der Waals surface area contributed by atoms with Gasteiger partial charge in [0.05, 0.1) is 35.1 Å². The molecule has 1 aromatic heterocycles. The van der Waals surface area contributed by atoms with Crippen LogP contribution in [0.15, 0.2) is 64.4 Å². The van der Waals surface area contributed by atoms with Gasteiger partial charge in [0.2, 0.25) is 0 Å². The van der Waals surface area contributed by atoms with Crippen molar-refractivity contribution >= 4 is 64.1 Å². The summed E-state index contributed by atoms with van der Waals surface area (Å²) in [5.74, 6) is 0.343. The number of urea groups is 1. The number of piperidine rings is 1. The second-order valence-corrected chi connectivity index (χ2v) is 13.7. The Labute approximate surface area is 295 Å². The highest BCUT2D eigenvalue weighted by Gasteiger charge is 2.34. The summed E-state index contributed by atoms with van der Waals surface area (Å²) in [4.78, 5) is 39.9. The van der Waals surface area contributed by atoms with Crippen molar-refractivity contribution in [3.8, 4) is 0 Å². The lowest BCUT2D eigenvalue weighted by Gasteiger charge is -2.43. The van der Waals surface area contributed by atoms with Crippen LogP contribution in [0, 0.1) is 0 Å². The number of furan rings is 1. The zero-order valence-electron chi connectivity index (χ0n) is 26.5. The molecule has 0 aliphatic carbocycles. The number of carbonyl (C=O) groups is 2. The Balaban J connectivity index is 1.25. The molecule has 2 saturated heterocycles. The Morgan fingerprint density at radius 2 is 1.77 bits per heavy atom. The third kappa shape index (κ3) is 9.15. The molecule has 3 amide bonds. The first-order valence-corrected chi connectivity index (χ1v) is 17.2. The zero-order valence-corrected chi connectivity index (χ0v) is 29.5. The molecule has 252 valence electrons. The van der Waals surface area contributed by atoms with E-state index in [1.54, 1.807) is 42.5 Å². The Morgan fingerprint density at radius 1 is 1.02 bits per heavy atom. The minimum atomic E-state index is -0.247. The minimum Gasteiger partial charge on any atom is -0.467 e. The monoisotopic (exact) mass is 721 g/mol. The first kappa shape index (κ1) is 35.4. The molecule has 2 fully saturated rings. The van der Waals surface area contributed by atoms with Crippen molar-refractivity contribution in [3.05, 3.63) is 91.8 Å². The van der Waals surface area contributed by atoms with E-state index in [1.165, 1.54) is 7.11 Å². The van der Waals surface area contributed by atoms with Crippen molar-refractivity contribution in [1.29, 1.82) is 0 Å². The van der Waals surface area contributed by atoms with Crippen molar-refractivity contribution in [2.75, 3.05) is 53.4 Å². The van der Waals surface area contributed by atoms with Gasteiger partial charge in [0, 0.05) is 60.8 Å². The average Bonchev–Trinajstić information content (AvgIpc) is 3.56. The maximum Gasteiger partial charge on any atom is 0.320 e. The molecule has 3 heterocycles. The van der Waals surface area contributed by atoms with E-state index in [-0.39, 0.29) is 30.4 Å². The number of nitrogens with zero attached hydrogens (tertiary/aromatic N) is 5. The van der Waals surface area contributed by atoms with Crippen molar-refractivity contribution < 1.29 is 18.8 Å². The molecule has 0 N–H and O–H groups in total. The van der Waals surface area contributed by atoms with Crippen LogP contribution in [0.1, 0.15) is 53.3 Å². The first-order valence-electron chi connectivity index (χ1n) is 15.7. The van der Waals surface area contributed by atoms with Crippen molar-refractivity contribution in [2.45, 2.75) is 44.2 Å². The van der Waals surface area contributed by atoms with E-state index in [1.807, 2.05) is 34.1 Å². The lowest BCUT2D eigenvalue weighted by molar-refractivity contribution is 0.0741. The Hall–Kier alpha value is -2.95. The van der Waals surface area contributed by atoms with Crippen LogP contribution in [0.3, 0.4) is 0 Å². The lowest BCUT2D eigenvalue weighted by Crippen LogP contribution is -2.55. The van der Waals surface area contributed by atoms with Gasteiger partial charge >= 0.3 is 6.03 Å². The van der Waals surface area contributed by atoms with E-state index in [9.17, 15) is 9.59 Å². The number of carbonyl (C=O) groups excluding carboxylic acids is 2. The fraction of sp³-hybridized carbons (Fsp3) is 0.441. The summed E-state index contributed by atoms with van der Waals surface area (Å²) in [6.45, 7) is 4.73. The van der Waals surface area contributed by atoms with Gasteiger partial charge in [-0.3, -0.25) is 4.79 Å². The SMILES string of the molecule is CO/N=C(\CN(C)C(=O)c1cc(Cl)cc(Cl)c1)C(CCN1CCC(N2CCCN(Cc3ccco3)C2=O)CC1)c1ccc(Cl)c(Cl)c1. The van der Waals surface area contributed by atoms with Gasteiger partial charge in [-0.2, -0.15) is 0 Å². The predicted molar refractivity (Wildman–Crippen MR) is 187 cm³/mol. The zero-order chi connectivity index (χ0) is 33.5. The summed E-state index contributed by atoms with van der Waals surface area (Å²) in [6, 6.07) is 14.4. The smallest absolute Gasteiger partial charge is 0.320 e. The highest BCUT2D eigenvalue weighted by molar-refractivity contribution is 6.42. The van der Waals surface area contributed by atoms with Crippen LogP contribution in [0.25, 0.3) is 0 Å². The molecule has 2 aliphatic heterocycles. The standard InChI is InChI=1S/C34H39Cl4N5O4/c1-40(33(44)24-17-25(35)20-26(36)18-24)22-32(39-46-2)29(23-6-7-30(37)31(38)19-23)10-15-41-13-8-27(9-14-41)43-12-4-11-42(34(43)45)21-28-5-3-16-47-28/h3,5-7,16-20,27,29H,4,8-15,21-22H2,1-2H3/b39-32+. The third-order valence-electron chi connectivity index (χ3n) is 8.81. The van der Waals surface area contributed by atoms with Gasteiger partial charge in [-0.15, -0.1) is 0 Å². The van der Waals surface area contributed by atoms with Crippen LogP contribution < -0.4 is 0 Å². The van der Waals surface area contributed by atoms with Crippen LogP contribution in [0.2, 0.25) is 20.1 Å². The van der Waals surface area contributed by atoms with Gasteiger partial charge < -0.3 is 28.9 Å². The molecule has 13 heteroatoms. The van der Waals surface area contributed by atoms with E-state index in [4.69, 9.17) is 55.7 Å². The molecular formula is C34H39Cl4N5O4. The molecule has 0 bridgehead atoms. The molecule has 9 nitrogen and oxygen atoms in total. The van der Waals surface area contributed by atoms with E-state index in [2.05, 4.69) is 10.1 Å². The first-order chi connectivity index (χ1) is 22.6. The van der Waals surface area contributed by atoms with Gasteiger partial charge in [0.25, 0.3) is 5.91 Å². The van der Waals surface area contributed by atoms with E-state index in [0.717, 1.165) is 63.3 Å². The number of hydrogen-bond donors (Lipinski definition) is 0. The average molecular weight is 724 g/mol. The number of amides is 3. The molecule has 3 aromatic rings. The fourth-order valence-electron chi connectivity index (χ4n) is 6.43. The molecule has 2 aliphatic rings. The van der Waals surface area contributed by atoms with Gasteiger partial charge in [0.15, 0.2) is 0 Å². The van der Waals surface area contributed by atoms with E-state index < -0.39 is 0 Å². The number of benzene rings is 2. The third-order valence-corrected chi connectivity index (χ3v) is 9.99. The minimum absolute atomic E-state index is 0.0879. The van der Waals surface area contributed by atoms with Gasteiger partial charge in [0.1, 0.15) is 12.9 Å². The summed E-state index contributed by atoms with van der Waals surface area (Å²) in [5.41, 5.74) is 1.97. The molecule has 5 rings (SSSR count). The molecule has 1 atom stereocenters. The summed E-state index contributed by atoms with van der Waals surface area (Å²) in [5, 5.41) is 6.07. The molecule has 1 unspecified atom stereocenters. The lowest BCUT2D eigenvalue weighted by atomic mass is 9.89. The number of oxime groups is 1. The number of hydrogen-bond acceptors (Lipinski definition) is 6. The van der Waals surface area contributed by atoms with Gasteiger partial charge in [-0.25, -0.2) is 4.79 Å². The second-order valence-electron chi connectivity index (χ2n) is 12.0. The summed E-state index contributed by atoms with van der Waals surface area (Å²) >= 11 is 25.1. The molecule has 47 heavy (non-hydrogen) atoms. The Morgan fingerprint density at radius 3 is 2.43 bits per heavy atom. The van der Waals surface area contributed by atoms with E-state index in [0.29, 0.717) is 44.3 Å². The highest BCUT2D eigenvalue weighted by atomic mass is 35.5. The maximum atomic E-state index is 13.4. The summed E-state index contributed by atoms with van der Waals surface area (Å²) < 4.78 is 5.49. The normalized spacial score (nSPS) is 17.2. The van der Waals surface area contributed by atoms with Crippen molar-refractivity contribution in [1.82, 2.24) is 19.6 Å². The molecule has 2 aromatic carbocycles. The quantitative estimate of drug-likeness (QED) is 0.140. The number of likely N-dealkylation sites (tertiary alicyclic amines) is 1. The largest absolute Gasteiger partial charge is 0.467 e. The van der Waals surface area contributed by atoms with Gasteiger partial charge in [-0.1, -0.05) is 57.6 Å². The predicted octanol–water partition coefficient (Wildman–Crippen LogP) is 7.93. The van der Waals surface area contributed by atoms with Crippen LogP contribution in [-0.2, 0) is 11.4 Å². The van der Waals surface area contributed by atoms with Crippen LogP contribution >= 0.6 is 46.4 Å². The summed E-state index contributed by atoms with van der Waals surface area (Å²) in [6.07, 6.45) is 5.09. The molecule has 0 spiro atoms. The Kier molecular flexibility index (Phi) is 12.4. The Bertz CT molecular complexity index is 1540. The molecular weight excluding hydrogens is 684 g/mol. The van der Waals surface area contributed by atoms with Crippen LogP contribution in [0.5, 0.6) is 0 Å².